The maximum atomic E-state index is 14.3. The van der Waals surface area contributed by atoms with E-state index in [0.29, 0.717) is 25.7 Å². The van der Waals surface area contributed by atoms with Crippen molar-refractivity contribution in [1.29, 1.82) is 0 Å². The first kappa shape index (κ1) is 60.2. The molecule has 1 rings (SSSR count). The van der Waals surface area contributed by atoms with Crippen molar-refractivity contribution in [2.75, 3.05) is 6.54 Å². The van der Waals surface area contributed by atoms with Crippen LogP contribution in [0.25, 0.3) is 0 Å². The third-order valence-electron chi connectivity index (χ3n) is 12.9. The van der Waals surface area contributed by atoms with E-state index in [2.05, 4.69) is 47.9 Å². The minimum Gasteiger partial charge on any atom is -0.345 e. The van der Waals surface area contributed by atoms with E-state index in [-0.39, 0.29) is 37.0 Å². The van der Waals surface area contributed by atoms with Crippen LogP contribution in [-0.4, -0.2) is 108 Å². The van der Waals surface area contributed by atoms with Crippen LogP contribution < -0.4 is 47.9 Å². The van der Waals surface area contributed by atoms with E-state index < -0.39 is 138 Å². The molecule has 1 saturated heterocycles. The number of carbonyl (C=O) groups excluding carboxylic acids is 9. The van der Waals surface area contributed by atoms with E-state index in [1.54, 1.807) is 41.5 Å². The molecule has 0 radical (unpaired) electrons. The summed E-state index contributed by atoms with van der Waals surface area (Å²) in [5.41, 5.74) is 0. The fraction of sp³-hybridized carbons (Fsp3) is 0.816. The maximum absolute atomic E-state index is 14.3. The number of rotatable bonds is 15. The molecule has 1 aliphatic heterocycles. The van der Waals surface area contributed by atoms with E-state index >= 15 is 0 Å². The van der Waals surface area contributed by atoms with Crippen LogP contribution in [0, 0.1) is 47.3 Å². The van der Waals surface area contributed by atoms with Gasteiger partial charge in [0.25, 0.3) is 0 Å². The lowest BCUT2D eigenvalue weighted by Crippen LogP contribution is -2.62. The molecule has 9 amide bonds. The zero-order chi connectivity index (χ0) is 51.5. The van der Waals surface area contributed by atoms with Gasteiger partial charge in [-0.05, 0) is 66.6 Å². The highest BCUT2D eigenvalue weighted by atomic mass is 16.2. The minimum absolute atomic E-state index is 0.0730. The molecule has 0 unspecified atom stereocenters. The fourth-order valence-corrected chi connectivity index (χ4v) is 7.74. The summed E-state index contributed by atoms with van der Waals surface area (Å²) < 4.78 is 0. The summed E-state index contributed by atoms with van der Waals surface area (Å²) in [5.74, 6) is -8.10. The predicted molar refractivity (Wildman–Crippen MR) is 259 cm³/mol. The number of hydrogen-bond acceptors (Lipinski definition) is 9. The van der Waals surface area contributed by atoms with Gasteiger partial charge in [-0.2, -0.15) is 0 Å². The highest BCUT2D eigenvalue weighted by Crippen LogP contribution is 2.18. The summed E-state index contributed by atoms with van der Waals surface area (Å²) in [6.45, 7) is 28.8. The molecule has 0 aromatic heterocycles. The van der Waals surface area contributed by atoms with Gasteiger partial charge >= 0.3 is 0 Å². The van der Waals surface area contributed by atoms with Crippen molar-refractivity contribution in [3.8, 4) is 0 Å². The summed E-state index contributed by atoms with van der Waals surface area (Å²) >= 11 is 0. The molecule has 18 heteroatoms. The molecule has 0 aromatic carbocycles. The third-order valence-corrected chi connectivity index (χ3v) is 12.9. The standard InChI is InChI=1S/C49H89N9O9/c1-17-29(13)38-47(65)58-41(32(16)20-4)48(66)55-37(28(11)12)45(63)52-35(23-27(9)10)44(62)56-40(31(15)19-3)49(67)57-39(30(14)18-2)46(64)53-34(22-26(7)8)43(61)51-33(21-25(5)6)42(60)50-24-36(59)54-38/h25-35,37-41H,17-24H2,1-16H3,(H,50,60)(H,51,61)(H,52,63)(H,53,64)(H,54,59)(H,55,66)(H,56,62)(H,57,67)(H,58,65)/t29-,30-,31-,32-,33-,34-,35-,37-,38-,39-,40-,41-/m0/s1. The Morgan fingerprint density at radius 3 is 0.925 bits per heavy atom. The average Bonchev–Trinajstić information content (AvgIpc) is 3.25. The summed E-state index contributed by atoms with van der Waals surface area (Å²) in [7, 11) is 0. The van der Waals surface area contributed by atoms with Gasteiger partial charge in [0.15, 0.2) is 0 Å². The monoisotopic (exact) mass is 948 g/mol. The smallest absolute Gasteiger partial charge is 0.243 e. The second-order valence-electron chi connectivity index (χ2n) is 20.6. The lowest BCUT2D eigenvalue weighted by atomic mass is 9.93. The molecule has 1 heterocycles. The fourth-order valence-electron chi connectivity index (χ4n) is 7.74. The predicted octanol–water partition coefficient (Wildman–Crippen LogP) is 2.97. The number of nitrogens with one attached hydrogen (secondary N) is 9. The molecule has 18 nitrogen and oxygen atoms in total. The normalized spacial score (nSPS) is 27.3. The molecule has 1 aliphatic rings. The van der Waals surface area contributed by atoms with Crippen molar-refractivity contribution in [3.05, 3.63) is 0 Å². The van der Waals surface area contributed by atoms with Gasteiger partial charge in [-0.3, -0.25) is 43.2 Å². The van der Waals surface area contributed by atoms with Crippen LogP contribution in [0.3, 0.4) is 0 Å². The Hall–Kier alpha value is -4.77. The Bertz CT molecular complexity index is 1670. The summed E-state index contributed by atoms with van der Waals surface area (Å²) in [5, 5.41) is 25.2. The number of carbonyl (C=O) groups is 9. The summed E-state index contributed by atoms with van der Waals surface area (Å²) in [6, 6.07) is -8.96. The van der Waals surface area contributed by atoms with Gasteiger partial charge in [-0.1, -0.05) is 136 Å². The second kappa shape index (κ2) is 29.2. The second-order valence-corrected chi connectivity index (χ2v) is 20.6. The molecule has 12 atom stereocenters. The van der Waals surface area contributed by atoms with Crippen molar-refractivity contribution in [2.45, 2.75) is 204 Å². The minimum atomic E-state index is -1.14. The molecular weight excluding hydrogens is 859 g/mol. The Balaban J connectivity index is 4.02. The van der Waals surface area contributed by atoms with Crippen molar-refractivity contribution < 1.29 is 43.2 Å². The first-order chi connectivity index (χ1) is 31.2. The Labute approximate surface area is 401 Å². The third kappa shape index (κ3) is 19.8. The van der Waals surface area contributed by atoms with Crippen LogP contribution in [0.5, 0.6) is 0 Å². The molecule has 9 N–H and O–H groups in total. The van der Waals surface area contributed by atoms with Gasteiger partial charge in [-0.25, -0.2) is 0 Å². The van der Waals surface area contributed by atoms with Crippen LogP contribution in [0.2, 0.25) is 0 Å². The van der Waals surface area contributed by atoms with Crippen LogP contribution in [0.4, 0.5) is 0 Å². The van der Waals surface area contributed by atoms with Crippen molar-refractivity contribution >= 4 is 53.2 Å². The van der Waals surface area contributed by atoms with Crippen molar-refractivity contribution in [3.63, 3.8) is 0 Å². The lowest BCUT2D eigenvalue weighted by molar-refractivity contribution is -0.137. The SMILES string of the molecule is CC[C@H](C)[C@@H]1NC(=O)CNC(=O)[C@H](CC(C)C)NC(=O)[C@H](CC(C)C)NC(=O)[C@H]([C@@H](C)CC)NC(=O)[C@H]([C@@H](C)CC)NC(=O)[C@H](CC(C)C)NC(=O)[C@H](C(C)C)NC(=O)[C@H]([C@@H](C)CC)NC1=O. The molecule has 0 bridgehead atoms. The Morgan fingerprint density at radius 2 is 0.597 bits per heavy atom. The number of amides is 9. The van der Waals surface area contributed by atoms with Gasteiger partial charge in [-0.15, -0.1) is 0 Å². The average molecular weight is 948 g/mol. The van der Waals surface area contributed by atoms with Crippen molar-refractivity contribution in [2.24, 2.45) is 47.3 Å². The van der Waals surface area contributed by atoms with E-state index in [9.17, 15) is 43.2 Å². The van der Waals surface area contributed by atoms with E-state index in [4.69, 9.17) is 0 Å². The molecule has 0 aromatic rings. The quantitative estimate of drug-likeness (QED) is 0.117. The van der Waals surface area contributed by atoms with Crippen molar-refractivity contribution in [1.82, 2.24) is 47.9 Å². The lowest BCUT2D eigenvalue weighted by Gasteiger charge is -2.32. The van der Waals surface area contributed by atoms with Gasteiger partial charge < -0.3 is 47.9 Å². The van der Waals surface area contributed by atoms with Crippen LogP contribution >= 0.6 is 0 Å². The zero-order valence-electron chi connectivity index (χ0n) is 43.6. The summed E-state index contributed by atoms with van der Waals surface area (Å²) in [4.78, 5) is 126. The molecule has 0 saturated carbocycles. The maximum Gasteiger partial charge on any atom is 0.243 e. The van der Waals surface area contributed by atoms with Gasteiger partial charge in [0.05, 0.1) is 6.54 Å². The number of hydrogen-bond donors (Lipinski definition) is 9. The highest BCUT2D eigenvalue weighted by molar-refractivity contribution is 5.99. The Morgan fingerprint density at radius 1 is 0.343 bits per heavy atom. The molecular formula is C49H89N9O9. The molecule has 0 aliphatic carbocycles. The van der Waals surface area contributed by atoms with Crippen LogP contribution in [-0.2, 0) is 43.2 Å². The van der Waals surface area contributed by atoms with E-state index in [1.165, 1.54) is 0 Å². The first-order valence-electron chi connectivity index (χ1n) is 24.9. The largest absolute Gasteiger partial charge is 0.345 e. The summed E-state index contributed by atoms with van der Waals surface area (Å²) in [6.07, 6.45) is 2.47. The first-order valence-corrected chi connectivity index (χ1v) is 24.9. The van der Waals surface area contributed by atoms with Gasteiger partial charge in [0.1, 0.15) is 48.3 Å². The van der Waals surface area contributed by atoms with Gasteiger partial charge in [0, 0.05) is 0 Å². The Kier molecular flexibility index (Phi) is 26.2. The molecule has 384 valence electrons. The highest BCUT2D eigenvalue weighted by Gasteiger charge is 2.39. The van der Waals surface area contributed by atoms with Gasteiger partial charge in [0.2, 0.25) is 53.2 Å². The van der Waals surface area contributed by atoms with Crippen LogP contribution in [0.15, 0.2) is 0 Å². The van der Waals surface area contributed by atoms with Crippen LogP contribution in [0.1, 0.15) is 156 Å². The van der Waals surface area contributed by atoms with E-state index in [0.717, 1.165) is 0 Å². The topological polar surface area (TPSA) is 262 Å². The molecule has 1 fully saturated rings. The molecule has 67 heavy (non-hydrogen) atoms. The zero-order valence-corrected chi connectivity index (χ0v) is 43.6. The molecule has 0 spiro atoms. The van der Waals surface area contributed by atoms with E-state index in [1.807, 2.05) is 69.2 Å².